The minimum atomic E-state index is -0.386. The van der Waals surface area contributed by atoms with E-state index < -0.39 is 0 Å². The maximum Gasteiger partial charge on any atom is 0.331 e. The number of esters is 1. The third-order valence-corrected chi connectivity index (χ3v) is 3.27. The van der Waals surface area contributed by atoms with Gasteiger partial charge in [0.1, 0.15) is 0 Å². The van der Waals surface area contributed by atoms with Crippen molar-refractivity contribution in [2.24, 2.45) is 5.92 Å². The zero-order valence-corrected chi connectivity index (χ0v) is 13.8. The molecule has 0 aromatic heterocycles. The normalized spacial score (nSPS) is 14.0. The maximum absolute atomic E-state index is 11.3. The number of carbonyl (C=O) groups excluding carboxylic acids is 1. The van der Waals surface area contributed by atoms with Crippen LogP contribution in [-0.2, 0) is 9.53 Å². The van der Waals surface area contributed by atoms with Crippen LogP contribution in [0.5, 0.6) is 0 Å². The lowest BCUT2D eigenvalue weighted by Crippen LogP contribution is -2.00. The van der Waals surface area contributed by atoms with Crippen molar-refractivity contribution < 1.29 is 9.53 Å². The smallest absolute Gasteiger partial charge is 0.331 e. The molecule has 0 aliphatic rings. The summed E-state index contributed by atoms with van der Waals surface area (Å²) in [5, 5.41) is 0. The molecule has 0 saturated heterocycles. The van der Waals surface area contributed by atoms with Gasteiger partial charge in [-0.25, -0.2) is 4.79 Å². The Morgan fingerprint density at radius 2 is 2.10 bits per heavy atom. The first-order valence-corrected chi connectivity index (χ1v) is 7.60. The predicted molar refractivity (Wildman–Crippen MR) is 89.8 cm³/mol. The number of allylic oxidation sites excluding steroid dienone is 5. The Hall–Kier alpha value is -1.75. The summed E-state index contributed by atoms with van der Waals surface area (Å²) < 4.78 is 4.78. The van der Waals surface area contributed by atoms with E-state index in [1.165, 1.54) is 18.1 Å². The number of rotatable bonds is 9. The molecule has 0 aromatic rings. The highest BCUT2D eigenvalue weighted by Crippen LogP contribution is 2.13. The van der Waals surface area contributed by atoms with Crippen molar-refractivity contribution in [3.05, 3.63) is 35.5 Å². The summed E-state index contributed by atoms with van der Waals surface area (Å²) in [6.07, 6.45) is 17.4. The molecule has 0 N–H and O–H groups in total. The highest BCUT2D eigenvalue weighted by molar-refractivity contribution is 5.83. The van der Waals surface area contributed by atoms with Crippen molar-refractivity contribution in [2.45, 2.75) is 53.4 Å². The van der Waals surface area contributed by atoms with Gasteiger partial charge in [0.15, 0.2) is 6.61 Å². The van der Waals surface area contributed by atoms with Crippen molar-refractivity contribution in [2.75, 3.05) is 6.61 Å². The number of hydrogen-bond donors (Lipinski definition) is 0. The molecule has 2 nitrogen and oxygen atoms in total. The fourth-order valence-electron chi connectivity index (χ4n) is 1.75. The van der Waals surface area contributed by atoms with Gasteiger partial charge in [-0.1, -0.05) is 43.6 Å². The molecule has 0 saturated carbocycles. The first-order valence-electron chi connectivity index (χ1n) is 7.60. The molecule has 0 amide bonds. The van der Waals surface area contributed by atoms with E-state index in [1.807, 2.05) is 13.0 Å². The molecule has 0 fully saturated rings. The van der Waals surface area contributed by atoms with Crippen LogP contribution in [0.4, 0.5) is 0 Å². The molecule has 1 atom stereocenters. The molecule has 2 heteroatoms. The summed E-state index contributed by atoms with van der Waals surface area (Å²) in [5.41, 5.74) is 2.34. The summed E-state index contributed by atoms with van der Waals surface area (Å²) in [6, 6.07) is 0. The third-order valence-electron chi connectivity index (χ3n) is 3.27. The molecule has 0 spiro atoms. The SMILES string of the molecule is C#CCOC(=O)/C=C(C)/C=C/CC(C)CC/C=C(\C)CC. The lowest BCUT2D eigenvalue weighted by atomic mass is 10.00. The molecule has 116 valence electrons. The van der Waals surface area contributed by atoms with E-state index in [-0.39, 0.29) is 12.6 Å². The van der Waals surface area contributed by atoms with E-state index >= 15 is 0 Å². The molecule has 21 heavy (non-hydrogen) atoms. The van der Waals surface area contributed by atoms with Crippen molar-refractivity contribution in [3.63, 3.8) is 0 Å². The second-order valence-corrected chi connectivity index (χ2v) is 5.42. The van der Waals surface area contributed by atoms with E-state index in [4.69, 9.17) is 11.2 Å². The number of carbonyl (C=O) groups is 1. The molecule has 0 heterocycles. The lowest BCUT2D eigenvalue weighted by Gasteiger charge is -2.06. The quantitative estimate of drug-likeness (QED) is 0.200. The highest BCUT2D eigenvalue weighted by Gasteiger charge is 1.99. The van der Waals surface area contributed by atoms with Gasteiger partial charge < -0.3 is 4.74 Å². The molecule has 0 radical (unpaired) electrons. The molecule has 0 aromatic carbocycles. The average Bonchev–Trinajstić information content (AvgIpc) is 2.44. The van der Waals surface area contributed by atoms with Crippen molar-refractivity contribution >= 4 is 5.97 Å². The Morgan fingerprint density at radius 1 is 1.38 bits per heavy atom. The number of ether oxygens (including phenoxy) is 1. The standard InChI is InChI=1S/C19H28O2/c1-6-14-21-19(20)15-18(5)13-9-12-17(4)11-8-10-16(3)7-2/h1,9-10,13,15,17H,7-8,11-12,14H2,2-5H3/b13-9+,16-10+,18-15+. The van der Waals surface area contributed by atoms with E-state index in [0.29, 0.717) is 5.92 Å². The number of hydrogen-bond acceptors (Lipinski definition) is 2. The zero-order valence-electron chi connectivity index (χ0n) is 13.8. The molecular weight excluding hydrogens is 260 g/mol. The minimum absolute atomic E-state index is 0.0219. The number of terminal acetylenes is 1. The van der Waals surface area contributed by atoms with Crippen LogP contribution < -0.4 is 0 Å². The van der Waals surface area contributed by atoms with Gasteiger partial charge in [-0.05, 0) is 51.0 Å². The first kappa shape index (κ1) is 19.2. The van der Waals surface area contributed by atoms with Gasteiger partial charge in [-0.3, -0.25) is 0 Å². The van der Waals surface area contributed by atoms with Crippen LogP contribution in [0.1, 0.15) is 53.4 Å². The fourth-order valence-corrected chi connectivity index (χ4v) is 1.75. The minimum Gasteiger partial charge on any atom is -0.449 e. The molecule has 0 bridgehead atoms. The molecule has 0 aliphatic carbocycles. The summed E-state index contributed by atoms with van der Waals surface area (Å²) >= 11 is 0. The molecule has 1 unspecified atom stereocenters. The van der Waals surface area contributed by atoms with Gasteiger partial charge in [0, 0.05) is 6.08 Å². The van der Waals surface area contributed by atoms with Gasteiger partial charge in [0.2, 0.25) is 0 Å². The predicted octanol–water partition coefficient (Wildman–Crippen LogP) is 4.83. The topological polar surface area (TPSA) is 26.3 Å². The van der Waals surface area contributed by atoms with Crippen LogP contribution in [0, 0.1) is 18.3 Å². The van der Waals surface area contributed by atoms with Crippen LogP contribution in [0.2, 0.25) is 0 Å². The summed E-state index contributed by atoms with van der Waals surface area (Å²) in [5.74, 6) is 2.52. The van der Waals surface area contributed by atoms with Gasteiger partial charge in [-0.15, -0.1) is 6.42 Å². The van der Waals surface area contributed by atoms with Gasteiger partial charge in [0.25, 0.3) is 0 Å². The van der Waals surface area contributed by atoms with E-state index in [2.05, 4.69) is 38.8 Å². The van der Waals surface area contributed by atoms with Gasteiger partial charge in [-0.2, -0.15) is 0 Å². The van der Waals surface area contributed by atoms with Crippen LogP contribution in [0.3, 0.4) is 0 Å². The molecule has 0 aliphatic heterocycles. The monoisotopic (exact) mass is 288 g/mol. The largest absolute Gasteiger partial charge is 0.449 e. The van der Waals surface area contributed by atoms with Crippen LogP contribution in [0.25, 0.3) is 0 Å². The molecule has 0 rings (SSSR count). The fraction of sp³-hybridized carbons (Fsp3) is 0.526. The first-order chi connectivity index (χ1) is 9.99. The van der Waals surface area contributed by atoms with E-state index in [0.717, 1.165) is 24.8 Å². The second kappa shape index (κ2) is 12.0. The molecular formula is C19H28O2. The summed E-state index contributed by atoms with van der Waals surface area (Å²) in [4.78, 5) is 11.3. The van der Waals surface area contributed by atoms with Crippen molar-refractivity contribution in [3.8, 4) is 12.3 Å². The van der Waals surface area contributed by atoms with Crippen molar-refractivity contribution in [1.29, 1.82) is 0 Å². The van der Waals surface area contributed by atoms with Crippen LogP contribution >= 0.6 is 0 Å². The van der Waals surface area contributed by atoms with Gasteiger partial charge >= 0.3 is 5.97 Å². The van der Waals surface area contributed by atoms with E-state index in [9.17, 15) is 4.79 Å². The van der Waals surface area contributed by atoms with Gasteiger partial charge in [0.05, 0.1) is 0 Å². The Bertz CT molecular complexity index is 433. The summed E-state index contributed by atoms with van der Waals surface area (Å²) in [7, 11) is 0. The van der Waals surface area contributed by atoms with E-state index in [1.54, 1.807) is 0 Å². The highest BCUT2D eigenvalue weighted by atomic mass is 16.5. The van der Waals surface area contributed by atoms with Crippen LogP contribution in [0.15, 0.2) is 35.5 Å². The maximum atomic E-state index is 11.3. The Labute approximate surface area is 130 Å². The third kappa shape index (κ3) is 11.8. The summed E-state index contributed by atoms with van der Waals surface area (Å²) in [6.45, 7) is 8.51. The Balaban J connectivity index is 4.05. The van der Waals surface area contributed by atoms with Crippen molar-refractivity contribution in [1.82, 2.24) is 0 Å². The average molecular weight is 288 g/mol. The lowest BCUT2D eigenvalue weighted by molar-refractivity contribution is -0.136. The van der Waals surface area contributed by atoms with Crippen LogP contribution in [-0.4, -0.2) is 12.6 Å². The Morgan fingerprint density at radius 3 is 2.71 bits per heavy atom. The Kier molecular flexibility index (Phi) is 11.0. The second-order valence-electron chi connectivity index (χ2n) is 5.42. The zero-order chi connectivity index (χ0) is 16.1.